The topological polar surface area (TPSA) is 107 Å². The van der Waals surface area contributed by atoms with Crippen LogP contribution in [0.1, 0.15) is 29.0 Å². The highest BCUT2D eigenvalue weighted by atomic mass is 35.5. The van der Waals surface area contributed by atoms with Crippen LogP contribution < -0.4 is 10.6 Å². The Morgan fingerprint density at radius 1 is 1.00 bits per heavy atom. The number of aromatic nitrogens is 5. The van der Waals surface area contributed by atoms with Crippen molar-refractivity contribution in [2.45, 2.75) is 19.9 Å². The number of para-hydroxylation sites is 1. The Balaban J connectivity index is 1.44. The molecule has 0 spiro atoms. The van der Waals surface area contributed by atoms with Gasteiger partial charge in [0.1, 0.15) is 29.4 Å². The number of nitrogens with one attached hydrogen (secondary N) is 2. The summed E-state index contributed by atoms with van der Waals surface area (Å²) in [6.07, 6.45) is 2.86. The highest BCUT2D eigenvalue weighted by molar-refractivity contribution is 6.34. The van der Waals surface area contributed by atoms with E-state index in [9.17, 15) is 9.59 Å². The summed E-state index contributed by atoms with van der Waals surface area (Å²) in [5.74, 6) is -0.603. The van der Waals surface area contributed by atoms with Crippen LogP contribution in [0.2, 0.25) is 5.15 Å². The number of hydrogen-bond donors (Lipinski definition) is 2. The number of carbonyl (C=O) groups excluding carboxylic acids is 2. The molecule has 0 fully saturated rings. The maximum atomic E-state index is 12.8. The van der Waals surface area contributed by atoms with Crippen LogP contribution in [0.15, 0.2) is 67.3 Å². The fourth-order valence-corrected chi connectivity index (χ4v) is 3.47. The quantitative estimate of drug-likeness (QED) is 0.464. The molecule has 0 aliphatic carbocycles. The molecule has 162 valence electrons. The monoisotopic (exact) mass is 449 g/mol. The second-order valence-corrected chi connectivity index (χ2v) is 7.43. The summed E-state index contributed by atoms with van der Waals surface area (Å²) >= 11 is 6.46. The van der Waals surface area contributed by atoms with Crippen molar-refractivity contribution in [2.75, 3.05) is 10.6 Å². The van der Waals surface area contributed by atoms with E-state index < -0.39 is 6.04 Å². The molecule has 32 heavy (non-hydrogen) atoms. The van der Waals surface area contributed by atoms with Gasteiger partial charge in [-0.2, -0.15) is 10.2 Å². The van der Waals surface area contributed by atoms with Crippen LogP contribution in [0.25, 0.3) is 5.69 Å². The number of hydrogen-bond acceptors (Lipinski definition) is 5. The summed E-state index contributed by atoms with van der Waals surface area (Å²) in [5.41, 5.74) is 2.73. The Morgan fingerprint density at radius 2 is 1.66 bits per heavy atom. The van der Waals surface area contributed by atoms with Crippen molar-refractivity contribution in [2.24, 2.45) is 0 Å². The highest BCUT2D eigenvalue weighted by Gasteiger charge is 2.21. The van der Waals surface area contributed by atoms with Gasteiger partial charge in [0.25, 0.3) is 5.91 Å². The molecule has 1 atom stereocenters. The lowest BCUT2D eigenvalue weighted by Crippen LogP contribution is -2.24. The lowest BCUT2D eigenvalue weighted by Gasteiger charge is -2.12. The maximum absolute atomic E-state index is 12.8. The van der Waals surface area contributed by atoms with Crippen LogP contribution >= 0.6 is 11.6 Å². The van der Waals surface area contributed by atoms with E-state index in [0.29, 0.717) is 22.6 Å². The summed E-state index contributed by atoms with van der Waals surface area (Å²) in [4.78, 5) is 29.1. The Morgan fingerprint density at radius 3 is 2.28 bits per heavy atom. The summed E-state index contributed by atoms with van der Waals surface area (Å²) < 4.78 is 2.99. The zero-order valence-electron chi connectivity index (χ0n) is 17.4. The average molecular weight is 450 g/mol. The molecule has 0 aliphatic rings. The molecule has 0 aliphatic heterocycles. The molecule has 2 amide bonds. The van der Waals surface area contributed by atoms with Crippen molar-refractivity contribution in [3.05, 3.63) is 83.7 Å². The van der Waals surface area contributed by atoms with Gasteiger partial charge in [-0.15, -0.1) is 0 Å². The van der Waals surface area contributed by atoms with Crippen molar-refractivity contribution < 1.29 is 9.59 Å². The van der Waals surface area contributed by atoms with E-state index in [1.807, 2.05) is 30.3 Å². The van der Waals surface area contributed by atoms with Crippen LogP contribution in [0.5, 0.6) is 0 Å². The molecule has 0 radical (unpaired) electrons. The molecule has 0 saturated carbocycles. The van der Waals surface area contributed by atoms with E-state index >= 15 is 0 Å². The van der Waals surface area contributed by atoms with E-state index in [2.05, 4.69) is 25.8 Å². The second kappa shape index (κ2) is 9.03. The fraction of sp³-hybridized carbons (Fsp3) is 0.136. The number of rotatable bonds is 6. The molecule has 2 aromatic heterocycles. The first-order valence-corrected chi connectivity index (χ1v) is 10.2. The standard InChI is InChI=1S/C22H20ClN7O2/c1-14-19(20(23)30(28-14)18-6-4-3-5-7-18)22(32)27-17-10-8-16(9-11-17)26-21(31)15(2)29-13-24-12-25-29/h3-13,15H,1-2H3,(H,26,31)(H,27,32). The molecule has 9 nitrogen and oxygen atoms in total. The summed E-state index contributed by atoms with van der Waals surface area (Å²) in [6, 6.07) is 15.6. The van der Waals surface area contributed by atoms with E-state index in [-0.39, 0.29) is 17.0 Å². The fourth-order valence-electron chi connectivity index (χ4n) is 3.11. The van der Waals surface area contributed by atoms with Crippen molar-refractivity contribution in [3.8, 4) is 5.69 Å². The molecule has 10 heteroatoms. The van der Waals surface area contributed by atoms with Gasteiger partial charge in [-0.1, -0.05) is 29.8 Å². The van der Waals surface area contributed by atoms with Gasteiger partial charge in [-0.25, -0.2) is 14.3 Å². The number of nitrogens with zero attached hydrogens (tertiary/aromatic N) is 5. The van der Waals surface area contributed by atoms with E-state index in [4.69, 9.17) is 11.6 Å². The minimum atomic E-state index is -0.511. The summed E-state index contributed by atoms with van der Waals surface area (Å²) in [6.45, 7) is 3.45. The van der Waals surface area contributed by atoms with Gasteiger partial charge < -0.3 is 10.6 Å². The first kappa shape index (κ1) is 21.3. The van der Waals surface area contributed by atoms with Gasteiger partial charge in [0.15, 0.2) is 0 Å². The lowest BCUT2D eigenvalue weighted by molar-refractivity contribution is -0.119. The molecule has 4 rings (SSSR count). The second-order valence-electron chi connectivity index (χ2n) is 7.07. The molecule has 2 aromatic carbocycles. The third-order valence-electron chi connectivity index (χ3n) is 4.86. The van der Waals surface area contributed by atoms with E-state index in [1.54, 1.807) is 38.1 Å². The number of aryl methyl sites for hydroxylation is 1. The third-order valence-corrected chi connectivity index (χ3v) is 5.20. The van der Waals surface area contributed by atoms with Crippen LogP contribution in [-0.4, -0.2) is 36.4 Å². The van der Waals surface area contributed by atoms with Gasteiger partial charge in [-0.3, -0.25) is 9.59 Å². The summed E-state index contributed by atoms with van der Waals surface area (Å²) in [5, 5.41) is 14.2. The smallest absolute Gasteiger partial charge is 0.260 e. The largest absolute Gasteiger partial charge is 0.324 e. The molecule has 1 unspecified atom stereocenters. The first-order chi connectivity index (χ1) is 15.4. The lowest BCUT2D eigenvalue weighted by atomic mass is 10.2. The predicted molar refractivity (Wildman–Crippen MR) is 121 cm³/mol. The Labute approximate surface area is 189 Å². The zero-order valence-corrected chi connectivity index (χ0v) is 18.1. The molecule has 4 aromatic rings. The number of anilines is 2. The normalized spacial score (nSPS) is 11.7. The van der Waals surface area contributed by atoms with Crippen molar-refractivity contribution >= 4 is 34.8 Å². The maximum Gasteiger partial charge on any atom is 0.260 e. The third kappa shape index (κ3) is 4.37. The van der Waals surface area contributed by atoms with Crippen molar-refractivity contribution in [1.82, 2.24) is 24.5 Å². The van der Waals surface area contributed by atoms with Gasteiger partial charge in [0, 0.05) is 11.4 Å². The van der Waals surface area contributed by atoms with Gasteiger partial charge in [0.05, 0.1) is 11.4 Å². The molecule has 2 heterocycles. The Kier molecular flexibility index (Phi) is 6.00. The Bertz CT molecular complexity index is 1240. The molecule has 0 saturated heterocycles. The van der Waals surface area contributed by atoms with E-state index in [1.165, 1.54) is 22.0 Å². The Hall–Kier alpha value is -3.98. The molecular weight excluding hydrogens is 430 g/mol. The highest BCUT2D eigenvalue weighted by Crippen LogP contribution is 2.25. The molecule has 0 bridgehead atoms. The number of amides is 2. The van der Waals surface area contributed by atoms with Gasteiger partial charge in [-0.05, 0) is 50.2 Å². The SMILES string of the molecule is Cc1nn(-c2ccccc2)c(Cl)c1C(=O)Nc1ccc(NC(=O)C(C)n2cncn2)cc1. The summed E-state index contributed by atoms with van der Waals surface area (Å²) in [7, 11) is 0. The van der Waals surface area contributed by atoms with Crippen molar-refractivity contribution in [3.63, 3.8) is 0 Å². The average Bonchev–Trinajstić information content (AvgIpc) is 3.43. The van der Waals surface area contributed by atoms with Crippen molar-refractivity contribution in [1.29, 1.82) is 0 Å². The van der Waals surface area contributed by atoms with Crippen LogP contribution in [0, 0.1) is 6.92 Å². The molecule has 2 N–H and O–H groups in total. The van der Waals surface area contributed by atoms with Crippen LogP contribution in [0.3, 0.4) is 0 Å². The number of carbonyl (C=O) groups is 2. The van der Waals surface area contributed by atoms with E-state index in [0.717, 1.165) is 5.69 Å². The molecular formula is C22H20ClN7O2. The van der Waals surface area contributed by atoms with Gasteiger partial charge >= 0.3 is 0 Å². The van der Waals surface area contributed by atoms with Gasteiger partial charge in [0.2, 0.25) is 5.91 Å². The van der Waals surface area contributed by atoms with Crippen LogP contribution in [-0.2, 0) is 4.79 Å². The first-order valence-electron chi connectivity index (χ1n) is 9.81. The van der Waals surface area contributed by atoms with Crippen LogP contribution in [0.4, 0.5) is 11.4 Å². The minimum absolute atomic E-state index is 0.233. The zero-order chi connectivity index (χ0) is 22.7. The number of benzene rings is 2. The minimum Gasteiger partial charge on any atom is -0.324 e. The predicted octanol–water partition coefficient (Wildman–Crippen LogP) is 3.88. The number of halogens is 1.